The van der Waals surface area contributed by atoms with Gasteiger partial charge in [-0.05, 0) is 29.7 Å². The Morgan fingerprint density at radius 2 is 1.57 bits per heavy atom. The Morgan fingerprint density at radius 1 is 0.821 bits per heavy atom. The number of carbonyl (C=O) groups is 2. The van der Waals surface area contributed by atoms with Crippen LogP contribution in [0.5, 0.6) is 0 Å². The van der Waals surface area contributed by atoms with Gasteiger partial charge in [0, 0.05) is 24.9 Å². The van der Waals surface area contributed by atoms with E-state index in [4.69, 9.17) is 4.42 Å². The van der Waals surface area contributed by atoms with Crippen molar-refractivity contribution in [2.45, 2.75) is 39.3 Å². The van der Waals surface area contributed by atoms with Gasteiger partial charge in [0.15, 0.2) is 5.78 Å². The van der Waals surface area contributed by atoms with E-state index < -0.39 is 0 Å². The topological polar surface area (TPSA) is 50.5 Å². The van der Waals surface area contributed by atoms with Crippen molar-refractivity contribution in [3.8, 4) is 0 Å². The maximum atomic E-state index is 12.8. The summed E-state index contributed by atoms with van der Waals surface area (Å²) >= 11 is 0. The van der Waals surface area contributed by atoms with Crippen molar-refractivity contribution in [1.29, 1.82) is 0 Å². The predicted octanol–water partition coefficient (Wildman–Crippen LogP) is 5.03. The van der Waals surface area contributed by atoms with Crippen molar-refractivity contribution >= 4 is 11.7 Å². The summed E-state index contributed by atoms with van der Waals surface area (Å²) in [4.78, 5) is 27.0. The van der Waals surface area contributed by atoms with Crippen LogP contribution in [0.25, 0.3) is 0 Å². The van der Waals surface area contributed by atoms with E-state index in [0.717, 1.165) is 17.7 Å². The van der Waals surface area contributed by atoms with Crippen LogP contribution in [-0.2, 0) is 24.3 Å². The fraction of sp³-hybridized carbons (Fsp3) is 0.250. The van der Waals surface area contributed by atoms with Crippen LogP contribution in [0.2, 0.25) is 0 Å². The zero-order valence-electron chi connectivity index (χ0n) is 16.1. The third kappa shape index (κ3) is 5.43. The predicted molar refractivity (Wildman–Crippen MR) is 109 cm³/mol. The maximum absolute atomic E-state index is 12.8. The summed E-state index contributed by atoms with van der Waals surface area (Å²) in [6, 6.07) is 21.1. The summed E-state index contributed by atoms with van der Waals surface area (Å²) in [5.41, 5.74) is 2.90. The van der Waals surface area contributed by atoms with E-state index in [2.05, 4.69) is 6.92 Å². The van der Waals surface area contributed by atoms with E-state index in [0.29, 0.717) is 18.7 Å². The van der Waals surface area contributed by atoms with Gasteiger partial charge in [0.1, 0.15) is 5.76 Å². The molecular formula is C24H25NO3. The Labute approximate surface area is 165 Å². The average Bonchev–Trinajstić information content (AvgIpc) is 3.25. The Kier molecular flexibility index (Phi) is 6.79. The van der Waals surface area contributed by atoms with Crippen LogP contribution in [0.4, 0.5) is 0 Å². The maximum Gasteiger partial charge on any atom is 0.223 e. The third-order valence-electron chi connectivity index (χ3n) is 4.75. The molecule has 0 bridgehead atoms. The molecule has 3 rings (SSSR count). The SMILES string of the molecule is CCc1ccc(C(=O)CCC(=O)N(Cc2ccccc2)Cc2ccco2)cc1. The Hall–Kier alpha value is -3.14. The van der Waals surface area contributed by atoms with Gasteiger partial charge in [-0.25, -0.2) is 0 Å². The molecule has 0 aliphatic heterocycles. The quantitative estimate of drug-likeness (QED) is 0.493. The molecule has 0 spiro atoms. The van der Waals surface area contributed by atoms with E-state index >= 15 is 0 Å². The number of amides is 1. The van der Waals surface area contributed by atoms with Crippen LogP contribution in [0, 0.1) is 0 Å². The van der Waals surface area contributed by atoms with Crippen molar-refractivity contribution < 1.29 is 14.0 Å². The van der Waals surface area contributed by atoms with Gasteiger partial charge >= 0.3 is 0 Å². The third-order valence-corrected chi connectivity index (χ3v) is 4.75. The average molecular weight is 375 g/mol. The standard InChI is InChI=1S/C24H25NO3/c1-2-19-10-12-21(13-11-19)23(26)14-15-24(27)25(18-22-9-6-16-28-22)17-20-7-4-3-5-8-20/h3-13,16H,2,14-15,17-18H2,1H3. The molecule has 1 amide bonds. The van der Waals surface area contributed by atoms with Gasteiger partial charge in [-0.2, -0.15) is 0 Å². The minimum Gasteiger partial charge on any atom is -0.467 e. The fourth-order valence-corrected chi connectivity index (χ4v) is 3.08. The number of ketones is 1. The highest BCUT2D eigenvalue weighted by Gasteiger charge is 2.18. The monoisotopic (exact) mass is 375 g/mol. The molecule has 0 N–H and O–H groups in total. The number of hydrogen-bond donors (Lipinski definition) is 0. The molecule has 0 radical (unpaired) electrons. The second-order valence-corrected chi connectivity index (χ2v) is 6.79. The van der Waals surface area contributed by atoms with Gasteiger partial charge in [0.2, 0.25) is 5.91 Å². The zero-order chi connectivity index (χ0) is 19.8. The number of Topliss-reactive ketones (excluding diaryl/α,β-unsaturated/α-hetero) is 1. The lowest BCUT2D eigenvalue weighted by molar-refractivity contribution is -0.132. The minimum absolute atomic E-state index is 0.00587. The lowest BCUT2D eigenvalue weighted by atomic mass is 10.0. The molecule has 4 nitrogen and oxygen atoms in total. The number of rotatable bonds is 9. The van der Waals surface area contributed by atoms with E-state index in [-0.39, 0.29) is 24.5 Å². The molecule has 0 atom stereocenters. The van der Waals surface area contributed by atoms with Crippen LogP contribution in [0.3, 0.4) is 0 Å². The lowest BCUT2D eigenvalue weighted by Gasteiger charge is -2.22. The highest BCUT2D eigenvalue weighted by atomic mass is 16.3. The van der Waals surface area contributed by atoms with Crippen molar-refractivity contribution in [2.75, 3.05) is 0 Å². The van der Waals surface area contributed by atoms with Gasteiger partial charge in [0.25, 0.3) is 0 Å². The number of aryl methyl sites for hydroxylation is 1. The second-order valence-electron chi connectivity index (χ2n) is 6.79. The van der Waals surface area contributed by atoms with Gasteiger partial charge in [-0.1, -0.05) is 61.5 Å². The first kappa shape index (κ1) is 19.6. The van der Waals surface area contributed by atoms with Crippen molar-refractivity contribution in [3.63, 3.8) is 0 Å². The molecule has 1 heterocycles. The first-order chi connectivity index (χ1) is 13.7. The van der Waals surface area contributed by atoms with Gasteiger partial charge in [-0.15, -0.1) is 0 Å². The number of furan rings is 1. The smallest absolute Gasteiger partial charge is 0.223 e. The first-order valence-electron chi connectivity index (χ1n) is 9.62. The van der Waals surface area contributed by atoms with Crippen LogP contribution >= 0.6 is 0 Å². The van der Waals surface area contributed by atoms with E-state index in [1.165, 1.54) is 5.56 Å². The van der Waals surface area contributed by atoms with Crippen molar-refractivity contribution in [1.82, 2.24) is 4.90 Å². The molecule has 144 valence electrons. The summed E-state index contributed by atoms with van der Waals surface area (Å²) < 4.78 is 5.41. The second kappa shape index (κ2) is 9.70. The molecule has 4 heteroatoms. The molecule has 0 aliphatic carbocycles. The molecule has 0 unspecified atom stereocenters. The molecule has 0 saturated heterocycles. The Balaban J connectivity index is 1.63. The van der Waals surface area contributed by atoms with E-state index in [9.17, 15) is 9.59 Å². The molecule has 0 fully saturated rings. The highest BCUT2D eigenvalue weighted by Crippen LogP contribution is 2.14. The van der Waals surface area contributed by atoms with Crippen molar-refractivity contribution in [2.24, 2.45) is 0 Å². The highest BCUT2D eigenvalue weighted by molar-refractivity contribution is 5.98. The molecule has 3 aromatic rings. The number of hydrogen-bond acceptors (Lipinski definition) is 3. The molecule has 1 aromatic heterocycles. The molecule has 0 aliphatic rings. The van der Waals surface area contributed by atoms with Gasteiger partial charge in [0.05, 0.1) is 12.8 Å². The number of carbonyl (C=O) groups excluding carboxylic acids is 2. The molecular weight excluding hydrogens is 350 g/mol. The lowest BCUT2D eigenvalue weighted by Crippen LogP contribution is -2.30. The summed E-state index contributed by atoms with van der Waals surface area (Å²) in [7, 11) is 0. The Bertz CT molecular complexity index is 883. The molecule has 0 saturated carbocycles. The van der Waals surface area contributed by atoms with Crippen LogP contribution in [-0.4, -0.2) is 16.6 Å². The molecule has 2 aromatic carbocycles. The van der Waals surface area contributed by atoms with E-state index in [1.807, 2.05) is 66.7 Å². The number of benzene rings is 2. The first-order valence-corrected chi connectivity index (χ1v) is 9.62. The fourth-order valence-electron chi connectivity index (χ4n) is 3.08. The minimum atomic E-state index is -0.0567. The van der Waals surface area contributed by atoms with E-state index in [1.54, 1.807) is 11.2 Å². The Morgan fingerprint density at radius 3 is 2.21 bits per heavy atom. The summed E-state index contributed by atoms with van der Waals surface area (Å²) in [5.74, 6) is 0.665. The van der Waals surface area contributed by atoms with Crippen LogP contribution < -0.4 is 0 Å². The molecule has 28 heavy (non-hydrogen) atoms. The summed E-state index contributed by atoms with van der Waals surface area (Å²) in [6.07, 6.45) is 2.92. The zero-order valence-corrected chi connectivity index (χ0v) is 16.1. The van der Waals surface area contributed by atoms with Crippen LogP contribution in [0.1, 0.15) is 47.0 Å². The largest absolute Gasteiger partial charge is 0.467 e. The number of nitrogens with zero attached hydrogens (tertiary/aromatic N) is 1. The van der Waals surface area contributed by atoms with Crippen molar-refractivity contribution in [3.05, 3.63) is 95.4 Å². The van der Waals surface area contributed by atoms with Crippen LogP contribution in [0.15, 0.2) is 77.4 Å². The summed E-state index contributed by atoms with van der Waals surface area (Å²) in [5, 5.41) is 0. The normalized spacial score (nSPS) is 10.6. The van der Waals surface area contributed by atoms with Gasteiger partial charge in [-0.3, -0.25) is 9.59 Å². The summed E-state index contributed by atoms with van der Waals surface area (Å²) in [6.45, 7) is 2.95. The van der Waals surface area contributed by atoms with Gasteiger partial charge < -0.3 is 9.32 Å².